The number of hydrogen-bond donors (Lipinski definition) is 1. The van der Waals surface area contributed by atoms with Crippen molar-refractivity contribution < 1.29 is 4.74 Å². The zero-order valence-electron chi connectivity index (χ0n) is 12.9. The standard InChI is InChI=1S/C17H26N2OS/c1-2-15-8-4-3-5-10-19(15)11-12-20-16-9-6-7-14(13-16)17(18)21/h6-7,9,13,15H,2-5,8,10-12H2,1H3,(H2,18,21). The van der Waals surface area contributed by atoms with Crippen LogP contribution >= 0.6 is 12.2 Å². The Morgan fingerprint density at radius 3 is 3.00 bits per heavy atom. The molecule has 2 N–H and O–H groups in total. The van der Waals surface area contributed by atoms with Gasteiger partial charge in [-0.25, -0.2) is 0 Å². The van der Waals surface area contributed by atoms with E-state index in [1.807, 2.05) is 24.3 Å². The van der Waals surface area contributed by atoms with Gasteiger partial charge in [0, 0.05) is 18.2 Å². The van der Waals surface area contributed by atoms with E-state index >= 15 is 0 Å². The van der Waals surface area contributed by atoms with Crippen LogP contribution in [0.25, 0.3) is 0 Å². The summed E-state index contributed by atoms with van der Waals surface area (Å²) in [6.45, 7) is 5.21. The van der Waals surface area contributed by atoms with Crippen molar-refractivity contribution in [3.63, 3.8) is 0 Å². The molecule has 0 spiro atoms. The van der Waals surface area contributed by atoms with Crippen LogP contribution < -0.4 is 10.5 Å². The van der Waals surface area contributed by atoms with Crippen molar-refractivity contribution in [2.75, 3.05) is 19.7 Å². The molecule has 0 aromatic heterocycles. The highest BCUT2D eigenvalue weighted by Gasteiger charge is 2.18. The Kier molecular flexibility index (Phi) is 6.46. The van der Waals surface area contributed by atoms with E-state index in [9.17, 15) is 0 Å². The molecule has 1 aromatic rings. The van der Waals surface area contributed by atoms with Crippen LogP contribution in [0.1, 0.15) is 44.6 Å². The third kappa shape index (κ3) is 4.97. The summed E-state index contributed by atoms with van der Waals surface area (Å²) in [6.07, 6.45) is 6.60. The fourth-order valence-corrected chi connectivity index (χ4v) is 3.14. The van der Waals surface area contributed by atoms with Gasteiger partial charge in [0.2, 0.25) is 0 Å². The van der Waals surface area contributed by atoms with E-state index in [2.05, 4.69) is 11.8 Å². The molecule has 0 bridgehead atoms. The van der Waals surface area contributed by atoms with Gasteiger partial charge in [0.05, 0.1) is 0 Å². The first-order chi connectivity index (χ1) is 10.2. The van der Waals surface area contributed by atoms with Crippen molar-refractivity contribution in [3.05, 3.63) is 29.8 Å². The number of thiocarbonyl (C=S) groups is 1. The SMILES string of the molecule is CCC1CCCCCN1CCOc1cccc(C(N)=S)c1. The number of likely N-dealkylation sites (tertiary alicyclic amines) is 1. The van der Waals surface area contributed by atoms with Crippen molar-refractivity contribution in [3.8, 4) is 5.75 Å². The quantitative estimate of drug-likeness (QED) is 0.818. The minimum absolute atomic E-state index is 0.416. The minimum atomic E-state index is 0.416. The van der Waals surface area contributed by atoms with Gasteiger partial charge in [-0.3, -0.25) is 4.90 Å². The van der Waals surface area contributed by atoms with Crippen molar-refractivity contribution in [1.82, 2.24) is 4.90 Å². The van der Waals surface area contributed by atoms with Gasteiger partial charge in [-0.15, -0.1) is 0 Å². The number of nitrogens with zero attached hydrogens (tertiary/aromatic N) is 1. The Morgan fingerprint density at radius 1 is 1.38 bits per heavy atom. The largest absolute Gasteiger partial charge is 0.492 e. The van der Waals surface area contributed by atoms with E-state index in [0.29, 0.717) is 4.99 Å². The normalized spacial score (nSPS) is 20.0. The topological polar surface area (TPSA) is 38.5 Å². The molecule has 0 aliphatic carbocycles. The number of rotatable bonds is 6. The molecule has 0 radical (unpaired) electrons. The molecule has 1 aliphatic heterocycles. The second-order valence-corrected chi connectivity index (χ2v) is 6.13. The fourth-order valence-electron chi connectivity index (χ4n) is 3.01. The summed E-state index contributed by atoms with van der Waals surface area (Å²) in [5.74, 6) is 0.850. The number of benzene rings is 1. The van der Waals surface area contributed by atoms with Crippen LogP contribution in [-0.2, 0) is 0 Å². The second-order valence-electron chi connectivity index (χ2n) is 5.69. The summed E-state index contributed by atoms with van der Waals surface area (Å²) in [7, 11) is 0. The lowest BCUT2D eigenvalue weighted by atomic mass is 10.1. The van der Waals surface area contributed by atoms with Crippen LogP contribution in [0.5, 0.6) is 5.75 Å². The molecule has 116 valence electrons. The Morgan fingerprint density at radius 2 is 2.24 bits per heavy atom. The van der Waals surface area contributed by atoms with Gasteiger partial charge in [-0.2, -0.15) is 0 Å². The van der Waals surface area contributed by atoms with E-state index in [0.717, 1.165) is 30.5 Å². The first kappa shape index (κ1) is 16.2. The maximum absolute atomic E-state index is 5.88. The zero-order valence-corrected chi connectivity index (χ0v) is 13.7. The molecule has 1 aromatic carbocycles. The zero-order chi connectivity index (χ0) is 15.1. The van der Waals surface area contributed by atoms with E-state index in [1.54, 1.807) is 0 Å². The third-order valence-corrected chi connectivity index (χ3v) is 4.47. The lowest BCUT2D eigenvalue weighted by Gasteiger charge is -2.28. The molecule has 4 heteroatoms. The van der Waals surface area contributed by atoms with E-state index in [4.69, 9.17) is 22.7 Å². The van der Waals surface area contributed by atoms with Crippen LogP contribution in [0.4, 0.5) is 0 Å². The summed E-state index contributed by atoms with van der Waals surface area (Å²) < 4.78 is 5.88. The van der Waals surface area contributed by atoms with Crippen LogP contribution in [0.15, 0.2) is 24.3 Å². The first-order valence-corrected chi connectivity index (χ1v) is 8.38. The van der Waals surface area contributed by atoms with Gasteiger partial charge in [0.25, 0.3) is 0 Å². The van der Waals surface area contributed by atoms with Gasteiger partial charge in [-0.1, -0.05) is 44.1 Å². The number of hydrogen-bond acceptors (Lipinski definition) is 3. The summed E-state index contributed by atoms with van der Waals surface area (Å²) in [4.78, 5) is 3.00. The van der Waals surface area contributed by atoms with E-state index in [-0.39, 0.29) is 0 Å². The second kappa shape index (κ2) is 8.35. The van der Waals surface area contributed by atoms with E-state index in [1.165, 1.54) is 38.6 Å². The third-order valence-electron chi connectivity index (χ3n) is 4.24. The summed E-state index contributed by atoms with van der Waals surface area (Å²) in [5.41, 5.74) is 6.51. The van der Waals surface area contributed by atoms with Gasteiger partial charge < -0.3 is 10.5 Å². The first-order valence-electron chi connectivity index (χ1n) is 7.97. The summed E-state index contributed by atoms with van der Waals surface area (Å²) in [5, 5.41) is 0. The molecular formula is C17H26N2OS. The predicted molar refractivity (Wildman–Crippen MR) is 91.9 cm³/mol. The Bertz CT molecular complexity index is 464. The van der Waals surface area contributed by atoms with Crippen molar-refractivity contribution >= 4 is 17.2 Å². The number of nitrogens with two attached hydrogens (primary N) is 1. The predicted octanol–water partition coefficient (Wildman–Crippen LogP) is 3.35. The van der Waals surface area contributed by atoms with Crippen LogP contribution in [0.2, 0.25) is 0 Å². The van der Waals surface area contributed by atoms with Crippen LogP contribution in [0.3, 0.4) is 0 Å². The minimum Gasteiger partial charge on any atom is -0.492 e. The lowest BCUT2D eigenvalue weighted by Crippen LogP contribution is -2.37. The molecule has 1 unspecified atom stereocenters. The maximum atomic E-state index is 5.88. The highest BCUT2D eigenvalue weighted by atomic mass is 32.1. The molecule has 2 rings (SSSR count). The van der Waals surface area contributed by atoms with Crippen LogP contribution in [0, 0.1) is 0 Å². The highest BCUT2D eigenvalue weighted by Crippen LogP contribution is 2.19. The Balaban J connectivity index is 1.85. The van der Waals surface area contributed by atoms with Gasteiger partial charge in [0.15, 0.2) is 0 Å². The molecule has 0 amide bonds. The van der Waals surface area contributed by atoms with Crippen molar-refractivity contribution in [2.45, 2.75) is 45.1 Å². The molecule has 1 fully saturated rings. The Labute approximate surface area is 133 Å². The summed E-state index contributed by atoms with van der Waals surface area (Å²) >= 11 is 5.00. The average molecular weight is 306 g/mol. The number of ether oxygens (including phenoxy) is 1. The van der Waals surface area contributed by atoms with Gasteiger partial charge in [-0.05, 0) is 37.9 Å². The molecule has 1 saturated heterocycles. The monoisotopic (exact) mass is 306 g/mol. The van der Waals surface area contributed by atoms with E-state index < -0.39 is 0 Å². The maximum Gasteiger partial charge on any atom is 0.120 e. The molecule has 1 heterocycles. The average Bonchev–Trinajstić information content (AvgIpc) is 2.72. The molecule has 1 aliphatic rings. The molecule has 21 heavy (non-hydrogen) atoms. The molecule has 1 atom stereocenters. The Hall–Kier alpha value is -1.13. The van der Waals surface area contributed by atoms with Crippen molar-refractivity contribution in [2.24, 2.45) is 5.73 Å². The molecule has 3 nitrogen and oxygen atoms in total. The lowest BCUT2D eigenvalue weighted by molar-refractivity contribution is 0.158. The summed E-state index contributed by atoms with van der Waals surface area (Å²) in [6, 6.07) is 8.45. The van der Waals surface area contributed by atoms with Gasteiger partial charge >= 0.3 is 0 Å². The smallest absolute Gasteiger partial charge is 0.120 e. The highest BCUT2D eigenvalue weighted by molar-refractivity contribution is 7.80. The molecule has 0 saturated carbocycles. The van der Waals surface area contributed by atoms with Gasteiger partial charge in [0.1, 0.15) is 17.3 Å². The molecular weight excluding hydrogens is 280 g/mol. The van der Waals surface area contributed by atoms with Crippen LogP contribution in [-0.4, -0.2) is 35.6 Å². The van der Waals surface area contributed by atoms with Crippen molar-refractivity contribution in [1.29, 1.82) is 0 Å². The fraction of sp³-hybridized carbons (Fsp3) is 0.588.